The molecule has 0 saturated heterocycles. The lowest BCUT2D eigenvalue weighted by molar-refractivity contribution is 0.305. The van der Waals surface area contributed by atoms with E-state index in [1.54, 1.807) is 0 Å². The summed E-state index contributed by atoms with van der Waals surface area (Å²) in [5.74, 6) is 0.800. The number of oxime groups is 1. The molecule has 0 atom stereocenters. The van der Waals surface area contributed by atoms with E-state index in [0.717, 1.165) is 16.5 Å². The molecule has 0 aliphatic carbocycles. The third-order valence-electron chi connectivity index (χ3n) is 3.00. The standard InChI is InChI=1S/C16H20N2O2.ClH/c1-12(2)17-10-14(18-19)11-20-16-9-5-7-13-6-3-4-8-15(13)16;/h3-9,12,17,19H,10-11H2,1-2H3;1H/b18-14+;. The van der Waals surface area contributed by atoms with E-state index < -0.39 is 0 Å². The summed E-state index contributed by atoms with van der Waals surface area (Å²) in [6.07, 6.45) is 0. The highest BCUT2D eigenvalue weighted by Gasteiger charge is 2.05. The van der Waals surface area contributed by atoms with Crippen LogP contribution in [0.2, 0.25) is 0 Å². The second kappa shape index (κ2) is 8.49. The second-order valence-electron chi connectivity index (χ2n) is 4.97. The molecule has 0 aliphatic rings. The van der Waals surface area contributed by atoms with Gasteiger partial charge in [0.15, 0.2) is 0 Å². The van der Waals surface area contributed by atoms with Crippen molar-refractivity contribution >= 4 is 28.9 Å². The number of halogens is 1. The predicted molar refractivity (Wildman–Crippen MR) is 89.1 cm³/mol. The smallest absolute Gasteiger partial charge is 0.131 e. The first-order valence-corrected chi connectivity index (χ1v) is 6.74. The highest BCUT2D eigenvalue weighted by Crippen LogP contribution is 2.24. The summed E-state index contributed by atoms with van der Waals surface area (Å²) in [5, 5.41) is 17.7. The molecule has 0 saturated carbocycles. The van der Waals surface area contributed by atoms with Crippen LogP contribution >= 0.6 is 12.4 Å². The topological polar surface area (TPSA) is 53.8 Å². The fraction of sp³-hybridized carbons (Fsp3) is 0.312. The molecule has 0 aliphatic heterocycles. The Kier molecular flexibility index (Phi) is 6.99. The van der Waals surface area contributed by atoms with Crippen LogP contribution in [0.3, 0.4) is 0 Å². The maximum absolute atomic E-state index is 9.00. The average Bonchev–Trinajstić information content (AvgIpc) is 2.47. The Labute approximate surface area is 131 Å². The zero-order valence-electron chi connectivity index (χ0n) is 12.2. The van der Waals surface area contributed by atoms with Gasteiger partial charge in [-0.3, -0.25) is 0 Å². The van der Waals surface area contributed by atoms with E-state index in [1.807, 2.05) is 56.3 Å². The van der Waals surface area contributed by atoms with Crippen molar-refractivity contribution in [2.45, 2.75) is 19.9 Å². The molecule has 2 N–H and O–H groups in total. The normalized spacial score (nSPS) is 11.5. The maximum atomic E-state index is 9.00. The Morgan fingerprint density at radius 2 is 1.90 bits per heavy atom. The number of hydrogen-bond acceptors (Lipinski definition) is 4. The quantitative estimate of drug-likeness (QED) is 0.488. The van der Waals surface area contributed by atoms with Gasteiger partial charge in [0.2, 0.25) is 0 Å². The van der Waals surface area contributed by atoms with E-state index in [4.69, 9.17) is 9.94 Å². The summed E-state index contributed by atoms with van der Waals surface area (Å²) in [6.45, 7) is 4.87. The molecule has 5 heteroatoms. The van der Waals surface area contributed by atoms with E-state index in [-0.39, 0.29) is 19.0 Å². The van der Waals surface area contributed by atoms with Crippen molar-refractivity contribution in [3.8, 4) is 5.75 Å². The molecule has 21 heavy (non-hydrogen) atoms. The number of benzene rings is 2. The molecule has 0 fully saturated rings. The fourth-order valence-electron chi connectivity index (χ4n) is 1.92. The van der Waals surface area contributed by atoms with Crippen LogP contribution in [0.15, 0.2) is 47.6 Å². The van der Waals surface area contributed by atoms with Crippen LogP contribution in [-0.2, 0) is 0 Å². The van der Waals surface area contributed by atoms with E-state index in [1.165, 1.54) is 0 Å². The molecule has 2 aromatic rings. The van der Waals surface area contributed by atoms with Gasteiger partial charge in [0.1, 0.15) is 18.1 Å². The molecule has 0 spiro atoms. The predicted octanol–water partition coefficient (Wildman–Crippen LogP) is 3.47. The van der Waals surface area contributed by atoms with Crippen LogP contribution in [0, 0.1) is 0 Å². The number of nitrogens with zero attached hydrogens (tertiary/aromatic N) is 1. The van der Waals surface area contributed by atoms with Crippen molar-refractivity contribution in [3.05, 3.63) is 42.5 Å². The van der Waals surface area contributed by atoms with Crippen LogP contribution in [0.5, 0.6) is 5.75 Å². The van der Waals surface area contributed by atoms with Gasteiger partial charge in [-0.1, -0.05) is 55.4 Å². The second-order valence-corrected chi connectivity index (χ2v) is 4.97. The molecule has 0 heterocycles. The maximum Gasteiger partial charge on any atom is 0.131 e. The first kappa shape index (κ1) is 17.3. The Morgan fingerprint density at radius 3 is 2.62 bits per heavy atom. The molecule has 0 radical (unpaired) electrons. The summed E-state index contributed by atoms with van der Waals surface area (Å²) in [7, 11) is 0. The molecule has 0 amide bonds. The van der Waals surface area contributed by atoms with Gasteiger partial charge in [-0.25, -0.2) is 0 Å². The van der Waals surface area contributed by atoms with Crippen molar-refractivity contribution in [3.63, 3.8) is 0 Å². The van der Waals surface area contributed by atoms with E-state index in [0.29, 0.717) is 18.3 Å². The van der Waals surface area contributed by atoms with Gasteiger partial charge in [-0.15, -0.1) is 12.4 Å². The Bertz CT molecular complexity index is 594. The number of rotatable bonds is 6. The summed E-state index contributed by atoms with van der Waals surface area (Å²) in [4.78, 5) is 0. The van der Waals surface area contributed by atoms with E-state index >= 15 is 0 Å². The third-order valence-corrected chi connectivity index (χ3v) is 3.00. The van der Waals surface area contributed by atoms with Crippen LogP contribution < -0.4 is 10.1 Å². The molecule has 0 aromatic heterocycles. The van der Waals surface area contributed by atoms with E-state index in [2.05, 4.69) is 10.5 Å². The first-order valence-electron chi connectivity index (χ1n) is 6.74. The van der Waals surface area contributed by atoms with Gasteiger partial charge in [-0.2, -0.15) is 0 Å². The van der Waals surface area contributed by atoms with Gasteiger partial charge >= 0.3 is 0 Å². The minimum Gasteiger partial charge on any atom is -0.487 e. The lowest BCUT2D eigenvalue weighted by Gasteiger charge is -2.12. The number of ether oxygens (including phenoxy) is 1. The summed E-state index contributed by atoms with van der Waals surface area (Å²) >= 11 is 0. The lowest BCUT2D eigenvalue weighted by Crippen LogP contribution is -2.32. The minimum absolute atomic E-state index is 0. The molecular weight excluding hydrogens is 288 g/mol. The van der Waals surface area contributed by atoms with E-state index in [9.17, 15) is 0 Å². The van der Waals surface area contributed by atoms with Crippen LogP contribution in [-0.4, -0.2) is 30.1 Å². The molecule has 114 valence electrons. The van der Waals surface area contributed by atoms with Crippen molar-refractivity contribution in [2.24, 2.45) is 5.16 Å². The highest BCUT2D eigenvalue weighted by molar-refractivity contribution is 5.90. The van der Waals surface area contributed by atoms with Gasteiger partial charge < -0.3 is 15.3 Å². The van der Waals surface area contributed by atoms with Crippen molar-refractivity contribution in [1.29, 1.82) is 0 Å². The van der Waals surface area contributed by atoms with Gasteiger partial charge in [0.25, 0.3) is 0 Å². The zero-order valence-corrected chi connectivity index (χ0v) is 13.1. The Morgan fingerprint density at radius 1 is 1.19 bits per heavy atom. The van der Waals surface area contributed by atoms with Crippen LogP contribution in [0.25, 0.3) is 10.8 Å². The van der Waals surface area contributed by atoms with Gasteiger partial charge in [-0.05, 0) is 11.5 Å². The van der Waals surface area contributed by atoms with Gasteiger partial charge in [0, 0.05) is 18.0 Å². The first-order chi connectivity index (χ1) is 9.70. The molecule has 4 nitrogen and oxygen atoms in total. The van der Waals surface area contributed by atoms with Gasteiger partial charge in [0.05, 0.1) is 0 Å². The zero-order chi connectivity index (χ0) is 14.4. The van der Waals surface area contributed by atoms with Crippen LogP contribution in [0.4, 0.5) is 0 Å². The monoisotopic (exact) mass is 308 g/mol. The van der Waals surface area contributed by atoms with Crippen molar-refractivity contribution in [1.82, 2.24) is 5.32 Å². The molecule has 2 rings (SSSR count). The van der Waals surface area contributed by atoms with Crippen molar-refractivity contribution < 1.29 is 9.94 Å². The summed E-state index contributed by atoms with van der Waals surface area (Å²) in [6, 6.07) is 14.3. The number of nitrogens with one attached hydrogen (secondary N) is 1. The highest BCUT2D eigenvalue weighted by atomic mass is 35.5. The number of fused-ring (bicyclic) bond motifs is 1. The fourth-order valence-corrected chi connectivity index (χ4v) is 1.92. The third kappa shape index (κ3) is 4.92. The molecule has 0 bridgehead atoms. The SMILES string of the molecule is CC(C)NC/C(COc1cccc2ccccc12)=N\O.Cl. The van der Waals surface area contributed by atoms with Crippen molar-refractivity contribution in [2.75, 3.05) is 13.2 Å². The lowest BCUT2D eigenvalue weighted by atomic mass is 10.1. The summed E-state index contributed by atoms with van der Waals surface area (Å²) in [5.41, 5.74) is 0.576. The molecule has 2 aromatic carbocycles. The Hall–Kier alpha value is -1.78. The number of hydrogen-bond donors (Lipinski definition) is 2. The van der Waals surface area contributed by atoms with Crippen LogP contribution in [0.1, 0.15) is 13.8 Å². The largest absolute Gasteiger partial charge is 0.487 e. The molecule has 0 unspecified atom stereocenters. The average molecular weight is 309 g/mol. The Balaban J connectivity index is 0.00000220. The molecular formula is C16H21ClN2O2. The summed E-state index contributed by atoms with van der Waals surface area (Å²) < 4.78 is 5.77. The minimum atomic E-state index is 0.